The summed E-state index contributed by atoms with van der Waals surface area (Å²) in [4.78, 5) is 38.7. The molecule has 38 heavy (non-hydrogen) atoms. The van der Waals surface area contributed by atoms with Crippen molar-refractivity contribution in [2.24, 2.45) is 23.2 Å². The minimum Gasteiger partial charge on any atom is -0.481 e. The van der Waals surface area contributed by atoms with Gasteiger partial charge < -0.3 is 30.5 Å². The molecule has 220 valence electrons. The first-order valence-electron chi connectivity index (χ1n) is 14.7. The first kappa shape index (κ1) is 32.3. The smallest absolute Gasteiger partial charge is 0.315 e. The fourth-order valence-electron chi connectivity index (χ4n) is 5.61. The Kier molecular flexibility index (Phi) is 12.3. The van der Waals surface area contributed by atoms with Gasteiger partial charge in [0, 0.05) is 24.0 Å². The molecule has 2 aliphatic rings. The number of rotatable bonds is 12. The van der Waals surface area contributed by atoms with Crippen LogP contribution in [0.2, 0.25) is 0 Å². The Morgan fingerprint density at radius 2 is 1.71 bits per heavy atom. The number of hydrogen-bond acceptors (Lipinski definition) is 5. The molecule has 9 nitrogen and oxygen atoms in total. The normalized spacial score (nSPS) is 26.6. The summed E-state index contributed by atoms with van der Waals surface area (Å²) in [5.41, 5.74) is -0.549. The second-order valence-electron chi connectivity index (χ2n) is 12.7. The summed E-state index contributed by atoms with van der Waals surface area (Å²) in [7, 11) is 0. The van der Waals surface area contributed by atoms with Gasteiger partial charge in [0.1, 0.15) is 6.10 Å². The molecule has 1 heterocycles. The average molecular weight is 540 g/mol. The Labute approximate surface area is 229 Å². The molecule has 2 rings (SSSR count). The quantitative estimate of drug-likeness (QED) is 0.208. The third kappa shape index (κ3) is 9.70. The van der Waals surface area contributed by atoms with Gasteiger partial charge in [-0.2, -0.15) is 0 Å². The predicted octanol–water partition coefficient (Wildman–Crippen LogP) is 4.83. The third-order valence-electron chi connectivity index (χ3n) is 8.10. The Morgan fingerprint density at radius 1 is 1.03 bits per heavy atom. The number of unbranched alkanes of at least 4 members (excludes halogenated alkanes) is 2. The van der Waals surface area contributed by atoms with Crippen LogP contribution in [0.25, 0.3) is 0 Å². The minimum absolute atomic E-state index is 0.0124. The van der Waals surface area contributed by atoms with E-state index in [1.165, 1.54) is 0 Å². The number of carbonyl (C=O) groups is 3. The van der Waals surface area contributed by atoms with Gasteiger partial charge in [-0.25, -0.2) is 4.79 Å². The van der Waals surface area contributed by atoms with Crippen LogP contribution in [0.4, 0.5) is 4.79 Å². The lowest BCUT2D eigenvalue weighted by Gasteiger charge is -2.44. The molecular formula is C29H53N3O6. The lowest BCUT2D eigenvalue weighted by Crippen LogP contribution is -2.57. The number of urea groups is 1. The summed E-state index contributed by atoms with van der Waals surface area (Å²) in [6, 6.07) is -0.425. The van der Waals surface area contributed by atoms with Gasteiger partial charge >= 0.3 is 12.0 Å². The highest BCUT2D eigenvalue weighted by atomic mass is 16.7. The van der Waals surface area contributed by atoms with E-state index >= 15 is 0 Å². The van der Waals surface area contributed by atoms with Crippen LogP contribution in [-0.4, -0.2) is 60.1 Å². The highest BCUT2D eigenvalue weighted by molar-refractivity contribution is 5.82. The van der Waals surface area contributed by atoms with E-state index in [9.17, 15) is 19.5 Å². The first-order chi connectivity index (χ1) is 17.8. The van der Waals surface area contributed by atoms with Crippen molar-refractivity contribution in [3.05, 3.63) is 0 Å². The van der Waals surface area contributed by atoms with Gasteiger partial charge in [-0.1, -0.05) is 73.1 Å². The number of nitrogens with one attached hydrogen (secondary N) is 3. The van der Waals surface area contributed by atoms with Crippen molar-refractivity contribution < 1.29 is 29.0 Å². The third-order valence-corrected chi connectivity index (χ3v) is 8.10. The van der Waals surface area contributed by atoms with Crippen LogP contribution in [0.15, 0.2) is 0 Å². The van der Waals surface area contributed by atoms with Gasteiger partial charge in [0.15, 0.2) is 5.79 Å². The lowest BCUT2D eigenvalue weighted by atomic mass is 9.82. The molecule has 1 saturated carbocycles. The fraction of sp³-hybridized carbons (Fsp3) is 0.897. The van der Waals surface area contributed by atoms with E-state index in [0.29, 0.717) is 18.9 Å². The standard InChI is InChI=1S/C29H53N3O6/c1-8-9-11-15-22(19(2)3)31-27(36)32-23-16-13-10-12-14-20(23)21(26(34)35)17-30-25(33)24-28(4,5)18-37-29(6,7)38-24/h19-24H,8-18H2,1-7H3,(H,30,33)(H,34,35)(H2,31,32,36). The molecule has 9 heteroatoms. The highest BCUT2D eigenvalue weighted by Gasteiger charge is 2.46. The van der Waals surface area contributed by atoms with Gasteiger partial charge in [0.05, 0.1) is 12.5 Å². The fourth-order valence-corrected chi connectivity index (χ4v) is 5.61. The lowest BCUT2D eigenvalue weighted by molar-refractivity contribution is -0.304. The van der Waals surface area contributed by atoms with E-state index in [1.807, 2.05) is 13.8 Å². The Bertz CT molecular complexity index is 784. The Hall–Kier alpha value is -1.87. The van der Waals surface area contributed by atoms with Crippen molar-refractivity contribution in [1.29, 1.82) is 0 Å². The molecule has 4 N–H and O–H groups in total. The summed E-state index contributed by atoms with van der Waals surface area (Å²) >= 11 is 0. The molecule has 0 aromatic rings. The molecule has 1 saturated heterocycles. The molecule has 0 radical (unpaired) electrons. The Morgan fingerprint density at radius 3 is 2.34 bits per heavy atom. The molecule has 5 unspecified atom stereocenters. The number of amides is 3. The topological polar surface area (TPSA) is 126 Å². The number of carboxylic acid groups (broad SMARTS) is 1. The zero-order chi connectivity index (χ0) is 28.5. The zero-order valence-corrected chi connectivity index (χ0v) is 24.7. The van der Waals surface area contributed by atoms with Gasteiger partial charge in [-0.3, -0.25) is 9.59 Å². The van der Waals surface area contributed by atoms with Crippen LogP contribution in [0.1, 0.15) is 106 Å². The van der Waals surface area contributed by atoms with Gasteiger partial charge in [-0.15, -0.1) is 0 Å². The maximum absolute atomic E-state index is 13.2. The van der Waals surface area contributed by atoms with Crippen LogP contribution in [0.3, 0.4) is 0 Å². The summed E-state index contributed by atoms with van der Waals surface area (Å²) < 4.78 is 11.6. The molecule has 0 spiro atoms. The van der Waals surface area contributed by atoms with Crippen molar-refractivity contribution in [1.82, 2.24) is 16.0 Å². The van der Waals surface area contributed by atoms with Crippen molar-refractivity contribution >= 4 is 17.9 Å². The molecule has 5 atom stereocenters. The van der Waals surface area contributed by atoms with Crippen molar-refractivity contribution in [2.75, 3.05) is 13.2 Å². The van der Waals surface area contributed by atoms with Gasteiger partial charge in [0.2, 0.25) is 5.91 Å². The molecule has 1 aliphatic carbocycles. The van der Waals surface area contributed by atoms with E-state index in [-0.39, 0.29) is 36.5 Å². The van der Waals surface area contributed by atoms with Crippen molar-refractivity contribution in [3.63, 3.8) is 0 Å². The highest BCUT2D eigenvalue weighted by Crippen LogP contribution is 2.35. The van der Waals surface area contributed by atoms with Crippen LogP contribution >= 0.6 is 0 Å². The molecule has 1 aliphatic heterocycles. The monoisotopic (exact) mass is 539 g/mol. The summed E-state index contributed by atoms with van der Waals surface area (Å²) in [6.07, 6.45) is 7.75. The van der Waals surface area contributed by atoms with E-state index in [1.54, 1.807) is 13.8 Å². The first-order valence-corrected chi connectivity index (χ1v) is 14.7. The van der Waals surface area contributed by atoms with Gasteiger partial charge in [0.25, 0.3) is 0 Å². The molecule has 3 amide bonds. The number of aliphatic carboxylic acids is 1. The largest absolute Gasteiger partial charge is 0.481 e. The van der Waals surface area contributed by atoms with Crippen LogP contribution in [-0.2, 0) is 19.1 Å². The predicted molar refractivity (Wildman–Crippen MR) is 148 cm³/mol. The van der Waals surface area contributed by atoms with Crippen molar-refractivity contribution in [2.45, 2.75) is 130 Å². The second-order valence-corrected chi connectivity index (χ2v) is 12.7. The SMILES string of the molecule is CCCCCC(NC(=O)NC1CCCCCC1C(CNC(=O)C1OC(C)(C)OCC1(C)C)C(=O)O)C(C)C. The Balaban J connectivity index is 2.08. The maximum atomic E-state index is 13.2. The van der Waals surface area contributed by atoms with E-state index < -0.39 is 29.2 Å². The summed E-state index contributed by atoms with van der Waals surface area (Å²) in [5, 5.41) is 19.3. The maximum Gasteiger partial charge on any atom is 0.315 e. The van der Waals surface area contributed by atoms with E-state index in [2.05, 4.69) is 36.7 Å². The number of carboxylic acids is 1. The van der Waals surface area contributed by atoms with E-state index in [0.717, 1.165) is 51.4 Å². The van der Waals surface area contributed by atoms with Gasteiger partial charge in [-0.05, 0) is 44.9 Å². The number of carbonyl (C=O) groups excluding carboxylic acids is 2. The molecule has 0 aromatic heterocycles. The van der Waals surface area contributed by atoms with Crippen LogP contribution in [0, 0.1) is 23.2 Å². The second kappa shape index (κ2) is 14.5. The van der Waals surface area contributed by atoms with Crippen LogP contribution < -0.4 is 16.0 Å². The van der Waals surface area contributed by atoms with Crippen LogP contribution in [0.5, 0.6) is 0 Å². The molecule has 0 bridgehead atoms. The molecule has 2 fully saturated rings. The number of hydrogen-bond donors (Lipinski definition) is 4. The summed E-state index contributed by atoms with van der Waals surface area (Å²) in [5.74, 6) is -2.97. The van der Waals surface area contributed by atoms with Crippen molar-refractivity contribution in [3.8, 4) is 0 Å². The average Bonchev–Trinajstić information content (AvgIpc) is 3.05. The summed E-state index contributed by atoms with van der Waals surface area (Å²) in [6.45, 7) is 14.1. The molecule has 0 aromatic carbocycles. The molecular weight excluding hydrogens is 486 g/mol. The zero-order valence-electron chi connectivity index (χ0n) is 24.7. The van der Waals surface area contributed by atoms with E-state index in [4.69, 9.17) is 9.47 Å². The minimum atomic E-state index is -0.962. The number of ether oxygens (including phenoxy) is 2.